The van der Waals surface area contributed by atoms with Gasteiger partial charge in [-0.2, -0.15) is 0 Å². The number of fused-ring (bicyclic) bond motifs is 3. The summed E-state index contributed by atoms with van der Waals surface area (Å²) in [4.78, 5) is 43.7. The highest BCUT2D eigenvalue weighted by Crippen LogP contribution is 2.31. The van der Waals surface area contributed by atoms with Crippen molar-refractivity contribution in [1.82, 2.24) is 14.4 Å². The summed E-state index contributed by atoms with van der Waals surface area (Å²) in [6.07, 6.45) is 1.65. The van der Waals surface area contributed by atoms with Gasteiger partial charge in [-0.3, -0.25) is 9.59 Å². The third-order valence-electron chi connectivity index (χ3n) is 9.11. The Kier molecular flexibility index (Phi) is 9.36. The van der Waals surface area contributed by atoms with Crippen molar-refractivity contribution in [2.45, 2.75) is 32.4 Å². The minimum atomic E-state index is -0.472. The van der Waals surface area contributed by atoms with Crippen LogP contribution in [0, 0.1) is 5.92 Å². The summed E-state index contributed by atoms with van der Waals surface area (Å²) in [5.74, 6) is -0.342. The second kappa shape index (κ2) is 13.8. The standard InChI is InChI=1S/C38H41N5O5/c1-24-20-43(25(2)23-44)37(46)31-19-28(39-36(45)18-27-21-41(3)33-15-8-7-13-30(27)33)16-17-34(31)48-35(24)22-42(4)38(47)40-32-14-9-11-26-10-5-6-12-29(26)32/h5-17,19,21,24-25,35,44H,18,20,22-23H2,1-4H3,(H,39,45)(H,40,47)/t24-,25-,35-/m0/s1. The van der Waals surface area contributed by atoms with Crippen molar-refractivity contribution in [3.8, 4) is 5.75 Å². The van der Waals surface area contributed by atoms with Gasteiger partial charge in [0.2, 0.25) is 5.91 Å². The first-order valence-electron chi connectivity index (χ1n) is 16.2. The van der Waals surface area contributed by atoms with E-state index in [1.54, 1.807) is 42.0 Å². The zero-order chi connectivity index (χ0) is 33.9. The molecule has 3 N–H and O–H groups in total. The molecule has 248 valence electrons. The van der Waals surface area contributed by atoms with E-state index in [2.05, 4.69) is 10.6 Å². The molecule has 0 saturated carbocycles. The highest BCUT2D eigenvalue weighted by Gasteiger charge is 2.34. The average Bonchev–Trinajstić information content (AvgIpc) is 3.40. The zero-order valence-corrected chi connectivity index (χ0v) is 27.6. The van der Waals surface area contributed by atoms with E-state index in [1.807, 2.05) is 91.5 Å². The molecule has 1 aliphatic heterocycles. The summed E-state index contributed by atoms with van der Waals surface area (Å²) < 4.78 is 8.48. The van der Waals surface area contributed by atoms with Crippen LogP contribution in [0.25, 0.3) is 21.7 Å². The van der Waals surface area contributed by atoms with Crippen LogP contribution in [-0.2, 0) is 18.3 Å². The zero-order valence-electron chi connectivity index (χ0n) is 27.6. The SMILES string of the molecule is C[C@H]1CN([C@@H](C)CO)C(=O)c2cc(NC(=O)Cc3cn(C)c4ccccc34)ccc2O[C@H]1CN(C)C(=O)Nc1cccc2ccccc12. The number of likely N-dealkylation sites (N-methyl/N-ethyl adjacent to an activating group) is 1. The van der Waals surface area contributed by atoms with E-state index in [9.17, 15) is 19.5 Å². The number of aliphatic hydroxyl groups excluding tert-OH is 1. The van der Waals surface area contributed by atoms with Crippen LogP contribution in [0.4, 0.5) is 16.2 Å². The number of hydrogen-bond donors (Lipinski definition) is 3. The van der Waals surface area contributed by atoms with E-state index in [-0.39, 0.29) is 48.9 Å². The quantitative estimate of drug-likeness (QED) is 0.194. The van der Waals surface area contributed by atoms with Crippen LogP contribution < -0.4 is 15.4 Å². The number of urea groups is 1. The van der Waals surface area contributed by atoms with Gasteiger partial charge in [-0.15, -0.1) is 0 Å². The topological polar surface area (TPSA) is 116 Å². The second-order valence-electron chi connectivity index (χ2n) is 12.7. The lowest BCUT2D eigenvalue weighted by Crippen LogP contribution is -2.50. The number of ether oxygens (including phenoxy) is 1. The largest absolute Gasteiger partial charge is 0.487 e. The Morgan fingerprint density at radius 2 is 1.73 bits per heavy atom. The molecular formula is C38H41N5O5. The first-order chi connectivity index (χ1) is 23.1. The van der Waals surface area contributed by atoms with Gasteiger partial charge in [0.15, 0.2) is 0 Å². The van der Waals surface area contributed by atoms with Crippen LogP contribution in [0.3, 0.4) is 0 Å². The van der Waals surface area contributed by atoms with Gasteiger partial charge in [-0.1, -0.05) is 61.5 Å². The molecule has 0 radical (unpaired) electrons. The molecule has 10 heteroatoms. The molecule has 1 aromatic heterocycles. The van der Waals surface area contributed by atoms with Crippen molar-refractivity contribution >= 4 is 50.9 Å². The molecule has 0 saturated heterocycles. The highest BCUT2D eigenvalue weighted by molar-refractivity contribution is 6.02. The van der Waals surface area contributed by atoms with E-state index < -0.39 is 12.1 Å². The summed E-state index contributed by atoms with van der Waals surface area (Å²) in [7, 11) is 3.66. The lowest BCUT2D eigenvalue weighted by molar-refractivity contribution is -0.115. The summed E-state index contributed by atoms with van der Waals surface area (Å²) in [6.45, 7) is 4.10. The molecule has 1 aliphatic rings. The van der Waals surface area contributed by atoms with Crippen molar-refractivity contribution < 1.29 is 24.2 Å². The van der Waals surface area contributed by atoms with Crippen LogP contribution in [0.1, 0.15) is 29.8 Å². The molecule has 0 aliphatic carbocycles. The fraction of sp³-hybridized carbons (Fsp3) is 0.289. The fourth-order valence-electron chi connectivity index (χ4n) is 6.36. The Hall–Kier alpha value is -5.35. The van der Waals surface area contributed by atoms with Gasteiger partial charge in [-0.05, 0) is 48.2 Å². The lowest BCUT2D eigenvalue weighted by atomic mass is 9.99. The maximum Gasteiger partial charge on any atom is 0.321 e. The summed E-state index contributed by atoms with van der Waals surface area (Å²) in [6, 6.07) is 25.9. The predicted octanol–water partition coefficient (Wildman–Crippen LogP) is 5.90. The van der Waals surface area contributed by atoms with Crippen LogP contribution in [0.5, 0.6) is 5.75 Å². The summed E-state index contributed by atoms with van der Waals surface area (Å²) >= 11 is 0. The number of hydrogen-bond acceptors (Lipinski definition) is 5. The smallest absolute Gasteiger partial charge is 0.321 e. The molecule has 3 atom stereocenters. The number of aliphatic hydroxyl groups is 1. The molecule has 0 unspecified atom stereocenters. The van der Waals surface area contributed by atoms with E-state index in [4.69, 9.17) is 4.74 Å². The van der Waals surface area contributed by atoms with Gasteiger partial charge in [0.25, 0.3) is 5.91 Å². The molecular weight excluding hydrogens is 606 g/mol. The number of aryl methyl sites for hydroxylation is 1. The number of aromatic nitrogens is 1. The number of nitrogens with one attached hydrogen (secondary N) is 2. The number of rotatable bonds is 8. The third kappa shape index (κ3) is 6.70. The molecule has 2 heterocycles. The summed E-state index contributed by atoms with van der Waals surface area (Å²) in [5, 5.41) is 19.0. The fourth-order valence-corrected chi connectivity index (χ4v) is 6.36. The Morgan fingerprint density at radius 3 is 2.52 bits per heavy atom. The van der Waals surface area contributed by atoms with Crippen LogP contribution in [-0.4, -0.2) is 76.2 Å². The van der Waals surface area contributed by atoms with E-state index in [1.165, 1.54) is 0 Å². The van der Waals surface area contributed by atoms with E-state index in [0.29, 0.717) is 23.7 Å². The van der Waals surface area contributed by atoms with Crippen LogP contribution >= 0.6 is 0 Å². The van der Waals surface area contributed by atoms with Gasteiger partial charge in [0.05, 0.1) is 36.9 Å². The van der Waals surface area contributed by atoms with Crippen molar-refractivity contribution in [1.29, 1.82) is 0 Å². The normalized spacial score (nSPS) is 16.9. The predicted molar refractivity (Wildman–Crippen MR) is 188 cm³/mol. The summed E-state index contributed by atoms with van der Waals surface area (Å²) in [5.41, 5.74) is 3.40. The van der Waals surface area contributed by atoms with Crippen LogP contribution in [0.2, 0.25) is 0 Å². The van der Waals surface area contributed by atoms with Gasteiger partial charge in [-0.25, -0.2) is 4.79 Å². The monoisotopic (exact) mass is 647 g/mol. The number of amides is 4. The number of carbonyl (C=O) groups is 3. The minimum Gasteiger partial charge on any atom is -0.487 e. The number of carbonyl (C=O) groups excluding carboxylic acids is 3. The molecule has 6 rings (SSSR count). The number of benzene rings is 4. The molecule has 48 heavy (non-hydrogen) atoms. The Balaban J connectivity index is 1.22. The van der Waals surface area contributed by atoms with Crippen molar-refractivity contribution in [3.05, 3.63) is 102 Å². The third-order valence-corrected chi connectivity index (χ3v) is 9.11. The Labute approximate surface area is 279 Å². The van der Waals surface area contributed by atoms with Crippen molar-refractivity contribution in [2.24, 2.45) is 13.0 Å². The van der Waals surface area contributed by atoms with Gasteiger partial charge in [0, 0.05) is 54.7 Å². The van der Waals surface area contributed by atoms with Crippen molar-refractivity contribution in [2.75, 3.05) is 37.4 Å². The minimum absolute atomic E-state index is 0.170. The average molecular weight is 648 g/mol. The number of para-hydroxylation sites is 1. The highest BCUT2D eigenvalue weighted by atomic mass is 16.5. The van der Waals surface area contributed by atoms with E-state index >= 15 is 0 Å². The van der Waals surface area contributed by atoms with Gasteiger partial charge in [0.1, 0.15) is 11.9 Å². The lowest BCUT2D eigenvalue weighted by Gasteiger charge is -2.38. The maximum absolute atomic E-state index is 13.9. The number of anilines is 2. The Bertz CT molecular complexity index is 1980. The molecule has 5 aromatic rings. The van der Waals surface area contributed by atoms with Gasteiger partial charge < -0.3 is 34.8 Å². The molecule has 0 fully saturated rings. The first kappa shape index (κ1) is 32.6. The Morgan fingerprint density at radius 1 is 1.00 bits per heavy atom. The molecule has 4 aromatic carbocycles. The van der Waals surface area contributed by atoms with Crippen molar-refractivity contribution in [3.63, 3.8) is 0 Å². The van der Waals surface area contributed by atoms with Gasteiger partial charge >= 0.3 is 6.03 Å². The first-order valence-corrected chi connectivity index (χ1v) is 16.2. The maximum atomic E-state index is 13.9. The second-order valence-corrected chi connectivity index (χ2v) is 12.7. The molecule has 0 bridgehead atoms. The van der Waals surface area contributed by atoms with Crippen LogP contribution in [0.15, 0.2) is 91.1 Å². The molecule has 0 spiro atoms. The molecule has 10 nitrogen and oxygen atoms in total. The molecule has 4 amide bonds. The number of nitrogens with zero attached hydrogens (tertiary/aromatic N) is 3. The van der Waals surface area contributed by atoms with E-state index in [0.717, 1.165) is 27.2 Å².